The van der Waals surface area contributed by atoms with Gasteiger partial charge in [-0.3, -0.25) is 4.79 Å². The molecule has 0 aromatic heterocycles. The Labute approximate surface area is 92.4 Å². The van der Waals surface area contributed by atoms with E-state index in [9.17, 15) is 4.79 Å². The molecule has 15 heavy (non-hydrogen) atoms. The summed E-state index contributed by atoms with van der Waals surface area (Å²) in [5.41, 5.74) is 5.38. The van der Waals surface area contributed by atoms with Crippen LogP contribution in [0.3, 0.4) is 0 Å². The summed E-state index contributed by atoms with van der Waals surface area (Å²) >= 11 is 0. The lowest BCUT2D eigenvalue weighted by Crippen LogP contribution is -2.47. The highest BCUT2D eigenvalue weighted by Crippen LogP contribution is 2.15. The summed E-state index contributed by atoms with van der Waals surface area (Å²) in [5, 5.41) is 0. The van der Waals surface area contributed by atoms with Gasteiger partial charge < -0.3 is 15.5 Å². The summed E-state index contributed by atoms with van der Waals surface area (Å²) in [6.45, 7) is 4.89. The molecule has 0 spiro atoms. The summed E-state index contributed by atoms with van der Waals surface area (Å²) in [4.78, 5) is 15.7. The molecule has 0 unspecified atom stereocenters. The number of hydrogen-bond donors (Lipinski definition) is 1. The van der Waals surface area contributed by atoms with Crippen molar-refractivity contribution in [3.63, 3.8) is 0 Å². The molecule has 0 aromatic rings. The van der Waals surface area contributed by atoms with E-state index in [-0.39, 0.29) is 12.5 Å². The predicted molar refractivity (Wildman–Crippen MR) is 61.6 cm³/mol. The summed E-state index contributed by atoms with van der Waals surface area (Å²) in [6, 6.07) is 0.522. The first-order valence-corrected chi connectivity index (χ1v) is 5.87. The zero-order valence-corrected chi connectivity index (χ0v) is 9.91. The van der Waals surface area contributed by atoms with Crippen LogP contribution in [-0.2, 0) is 4.79 Å². The van der Waals surface area contributed by atoms with Crippen molar-refractivity contribution in [3.8, 4) is 0 Å². The van der Waals surface area contributed by atoms with E-state index in [1.54, 1.807) is 0 Å². The molecule has 1 fully saturated rings. The molecule has 1 heterocycles. The molecule has 1 aliphatic rings. The Morgan fingerprint density at radius 2 is 2.27 bits per heavy atom. The summed E-state index contributed by atoms with van der Waals surface area (Å²) in [6.07, 6.45) is 3.76. The minimum atomic E-state index is 0.0662. The van der Waals surface area contributed by atoms with Crippen molar-refractivity contribution in [1.29, 1.82) is 0 Å². The van der Waals surface area contributed by atoms with Crippen LogP contribution < -0.4 is 5.73 Å². The first-order valence-electron chi connectivity index (χ1n) is 5.87. The molecule has 0 aliphatic carbocycles. The van der Waals surface area contributed by atoms with Gasteiger partial charge in [-0.15, -0.1) is 0 Å². The third-order valence-corrected chi connectivity index (χ3v) is 3.26. The molecular weight excluding hydrogens is 190 g/mol. The summed E-state index contributed by atoms with van der Waals surface area (Å²) in [7, 11) is 2.14. The molecular formula is C11H23N3O. The van der Waals surface area contributed by atoms with Crippen LogP contribution in [0.1, 0.15) is 26.2 Å². The van der Waals surface area contributed by atoms with Gasteiger partial charge in [0.2, 0.25) is 5.91 Å². The summed E-state index contributed by atoms with van der Waals surface area (Å²) < 4.78 is 0. The monoisotopic (exact) mass is 213 g/mol. The lowest BCUT2D eigenvalue weighted by Gasteiger charge is -2.36. The van der Waals surface area contributed by atoms with Crippen LogP contribution in [0, 0.1) is 0 Å². The number of likely N-dealkylation sites (N-methyl/N-ethyl adjacent to an activating group) is 2. The van der Waals surface area contributed by atoms with Gasteiger partial charge in [0.1, 0.15) is 0 Å². The van der Waals surface area contributed by atoms with Crippen LogP contribution in [0.15, 0.2) is 0 Å². The minimum absolute atomic E-state index is 0.0662. The van der Waals surface area contributed by atoms with Crippen LogP contribution in [0.4, 0.5) is 0 Å². The van der Waals surface area contributed by atoms with Crippen molar-refractivity contribution in [2.24, 2.45) is 5.73 Å². The van der Waals surface area contributed by atoms with E-state index in [0.717, 1.165) is 19.6 Å². The molecule has 4 nitrogen and oxygen atoms in total. The number of amides is 1. The molecule has 1 atom stereocenters. The van der Waals surface area contributed by atoms with Crippen molar-refractivity contribution >= 4 is 5.91 Å². The number of nitrogens with zero attached hydrogens (tertiary/aromatic N) is 2. The van der Waals surface area contributed by atoms with Gasteiger partial charge in [-0.25, -0.2) is 0 Å². The third kappa shape index (κ3) is 3.47. The SMILES string of the molecule is CCN(C[C@H]1CCCCN1C)C(=O)CN. The molecule has 0 aromatic carbocycles. The first kappa shape index (κ1) is 12.5. The normalized spacial score (nSPS) is 22.7. The Balaban J connectivity index is 2.46. The zero-order valence-electron chi connectivity index (χ0n) is 9.91. The number of nitrogens with two attached hydrogens (primary N) is 1. The molecule has 1 saturated heterocycles. The predicted octanol–water partition coefficient (Wildman–Crippen LogP) is 0.278. The van der Waals surface area contributed by atoms with Gasteiger partial charge in [0.15, 0.2) is 0 Å². The molecule has 4 heteroatoms. The Hall–Kier alpha value is -0.610. The van der Waals surface area contributed by atoms with Gasteiger partial charge in [-0.05, 0) is 33.4 Å². The number of carbonyl (C=O) groups excluding carboxylic acids is 1. The summed E-state index contributed by atoms with van der Waals surface area (Å²) in [5.74, 6) is 0.0662. The molecule has 0 saturated carbocycles. The maximum Gasteiger partial charge on any atom is 0.236 e. The molecule has 1 rings (SSSR count). The highest BCUT2D eigenvalue weighted by molar-refractivity contribution is 5.78. The quantitative estimate of drug-likeness (QED) is 0.729. The molecule has 1 amide bonds. The van der Waals surface area contributed by atoms with E-state index in [2.05, 4.69) is 11.9 Å². The zero-order chi connectivity index (χ0) is 11.3. The van der Waals surface area contributed by atoms with Gasteiger partial charge in [0.05, 0.1) is 6.54 Å². The highest BCUT2D eigenvalue weighted by Gasteiger charge is 2.22. The fourth-order valence-corrected chi connectivity index (χ4v) is 2.17. The van der Waals surface area contributed by atoms with E-state index in [1.165, 1.54) is 19.3 Å². The van der Waals surface area contributed by atoms with Gasteiger partial charge in [0.25, 0.3) is 0 Å². The average Bonchev–Trinajstić information content (AvgIpc) is 2.27. The van der Waals surface area contributed by atoms with Crippen LogP contribution in [-0.4, -0.2) is 55.0 Å². The Bertz CT molecular complexity index is 208. The second kappa shape index (κ2) is 6.08. The minimum Gasteiger partial charge on any atom is -0.340 e. The standard InChI is InChI=1S/C11H23N3O/c1-3-14(11(15)8-12)9-10-6-4-5-7-13(10)2/h10H,3-9,12H2,1-2H3/t10-/m1/s1. The van der Waals surface area contributed by atoms with E-state index in [0.29, 0.717) is 6.04 Å². The van der Waals surface area contributed by atoms with Crippen LogP contribution in [0.2, 0.25) is 0 Å². The largest absolute Gasteiger partial charge is 0.340 e. The van der Waals surface area contributed by atoms with Crippen LogP contribution in [0.5, 0.6) is 0 Å². The molecule has 88 valence electrons. The van der Waals surface area contributed by atoms with Crippen molar-refractivity contribution in [1.82, 2.24) is 9.80 Å². The molecule has 0 radical (unpaired) electrons. The van der Waals surface area contributed by atoms with E-state index < -0.39 is 0 Å². The van der Waals surface area contributed by atoms with Gasteiger partial charge >= 0.3 is 0 Å². The highest BCUT2D eigenvalue weighted by atomic mass is 16.2. The van der Waals surface area contributed by atoms with Gasteiger partial charge in [-0.2, -0.15) is 0 Å². The fourth-order valence-electron chi connectivity index (χ4n) is 2.17. The Morgan fingerprint density at radius 3 is 2.80 bits per heavy atom. The van der Waals surface area contributed by atoms with Gasteiger partial charge in [-0.1, -0.05) is 6.42 Å². The van der Waals surface area contributed by atoms with Gasteiger partial charge in [0, 0.05) is 19.1 Å². The van der Waals surface area contributed by atoms with E-state index >= 15 is 0 Å². The lowest BCUT2D eigenvalue weighted by molar-refractivity contribution is -0.130. The van der Waals surface area contributed by atoms with Crippen LogP contribution in [0.25, 0.3) is 0 Å². The maximum absolute atomic E-state index is 11.5. The van der Waals surface area contributed by atoms with Crippen molar-refractivity contribution < 1.29 is 4.79 Å². The second-order valence-corrected chi connectivity index (χ2v) is 4.27. The maximum atomic E-state index is 11.5. The van der Waals surface area contributed by atoms with Crippen molar-refractivity contribution in [2.45, 2.75) is 32.2 Å². The first-order chi connectivity index (χ1) is 7.19. The molecule has 0 bridgehead atoms. The fraction of sp³-hybridized carbons (Fsp3) is 0.909. The number of likely N-dealkylation sites (tertiary alicyclic amines) is 1. The second-order valence-electron chi connectivity index (χ2n) is 4.27. The lowest BCUT2D eigenvalue weighted by atomic mass is 10.0. The van der Waals surface area contributed by atoms with Crippen LogP contribution >= 0.6 is 0 Å². The number of carbonyl (C=O) groups is 1. The number of hydrogen-bond acceptors (Lipinski definition) is 3. The van der Waals surface area contributed by atoms with E-state index in [1.807, 2.05) is 11.8 Å². The third-order valence-electron chi connectivity index (χ3n) is 3.26. The Kier molecular flexibility index (Phi) is 5.05. The number of piperidine rings is 1. The molecule has 1 aliphatic heterocycles. The van der Waals surface area contributed by atoms with E-state index in [4.69, 9.17) is 5.73 Å². The van der Waals surface area contributed by atoms with Crippen molar-refractivity contribution in [2.75, 3.05) is 33.2 Å². The van der Waals surface area contributed by atoms with Crippen molar-refractivity contribution in [3.05, 3.63) is 0 Å². The Morgan fingerprint density at radius 1 is 1.53 bits per heavy atom. The topological polar surface area (TPSA) is 49.6 Å². The molecule has 2 N–H and O–H groups in total. The average molecular weight is 213 g/mol. The smallest absolute Gasteiger partial charge is 0.236 e. The number of rotatable bonds is 4.